The number of ether oxygens (including phenoxy) is 2. The monoisotopic (exact) mass is 384 g/mol. The third-order valence-corrected chi connectivity index (χ3v) is 3.05. The van der Waals surface area contributed by atoms with Gasteiger partial charge in [0.05, 0.1) is 13.2 Å². The quantitative estimate of drug-likeness (QED) is 0.564. The molecule has 0 saturated heterocycles. The first kappa shape index (κ1) is 24.7. The Morgan fingerprint density at radius 2 is 1.12 bits per heavy atom. The molecule has 0 unspecified atom stereocenters. The smallest absolute Gasteiger partial charge is 0.855 e. The predicted octanol–water partition coefficient (Wildman–Crippen LogP) is 0.664. The molecule has 0 saturated carbocycles. The molecule has 5 nitrogen and oxygen atoms in total. The van der Waals surface area contributed by atoms with E-state index in [1.54, 1.807) is 6.92 Å². The first-order chi connectivity index (χ1) is 12.1. The van der Waals surface area contributed by atoms with E-state index in [1.807, 2.05) is 62.4 Å². The predicted molar refractivity (Wildman–Crippen MR) is 106 cm³/mol. The van der Waals surface area contributed by atoms with Gasteiger partial charge in [0.15, 0.2) is 5.11 Å². The van der Waals surface area contributed by atoms with Crippen LogP contribution in [0, 0.1) is 0 Å². The van der Waals surface area contributed by atoms with Crippen molar-refractivity contribution in [3.63, 3.8) is 0 Å². The fraction of sp³-hybridized carbons (Fsp3) is 0.316. The van der Waals surface area contributed by atoms with Crippen LogP contribution in [0.5, 0.6) is 11.5 Å². The zero-order valence-electron chi connectivity index (χ0n) is 15.9. The minimum atomic E-state index is 0. The van der Waals surface area contributed by atoms with E-state index < -0.39 is 0 Å². The van der Waals surface area contributed by atoms with Crippen molar-refractivity contribution >= 4 is 28.7 Å². The summed E-state index contributed by atoms with van der Waals surface area (Å²) >= 11 is 5.30. The van der Waals surface area contributed by atoms with Crippen molar-refractivity contribution in [2.24, 2.45) is 0 Å². The molecular formula is C19H25N2NaO3S. The maximum atomic E-state index is 8.93. The molecule has 0 aliphatic heterocycles. The molecule has 0 atom stereocenters. The standard InChI is InChI=1S/C17H20N2O2S.C2H5O.Na/c1-3-20-15-9-5-13(6-10-15)18-17(22)19-14-7-11-16(12-8-14)21-4-2;1-2-3;/h5-12H,3-4H2,1-2H3,(H2,18,19,22);2H2,1H3;/q;-1;+1. The fourth-order valence-electron chi connectivity index (χ4n) is 1.90. The van der Waals surface area contributed by atoms with Crippen molar-refractivity contribution in [2.45, 2.75) is 20.8 Å². The van der Waals surface area contributed by atoms with Crippen LogP contribution in [0.15, 0.2) is 48.5 Å². The molecule has 136 valence electrons. The Bertz CT molecular complexity index is 568. The Kier molecular flexibility index (Phi) is 14.1. The topological polar surface area (TPSA) is 65.6 Å². The first-order valence-electron chi connectivity index (χ1n) is 8.24. The molecule has 2 N–H and O–H groups in total. The van der Waals surface area contributed by atoms with Crippen LogP contribution in [0.2, 0.25) is 0 Å². The van der Waals surface area contributed by atoms with Gasteiger partial charge in [0.1, 0.15) is 11.5 Å². The normalized spacial score (nSPS) is 9.08. The summed E-state index contributed by atoms with van der Waals surface area (Å²) in [7, 11) is 0. The van der Waals surface area contributed by atoms with Gasteiger partial charge in [-0.3, -0.25) is 0 Å². The molecular weight excluding hydrogens is 359 g/mol. The van der Waals surface area contributed by atoms with E-state index >= 15 is 0 Å². The number of rotatable bonds is 6. The van der Waals surface area contributed by atoms with Crippen molar-refractivity contribution in [2.75, 3.05) is 30.5 Å². The Morgan fingerprint density at radius 3 is 1.38 bits per heavy atom. The average Bonchev–Trinajstić information content (AvgIpc) is 2.60. The van der Waals surface area contributed by atoms with Gasteiger partial charge in [-0.2, -0.15) is 0 Å². The van der Waals surface area contributed by atoms with Gasteiger partial charge < -0.3 is 25.2 Å². The summed E-state index contributed by atoms with van der Waals surface area (Å²) < 4.78 is 10.8. The van der Waals surface area contributed by atoms with Gasteiger partial charge in [-0.25, -0.2) is 0 Å². The maximum Gasteiger partial charge on any atom is 1.00 e. The van der Waals surface area contributed by atoms with Crippen LogP contribution in [0.1, 0.15) is 20.8 Å². The van der Waals surface area contributed by atoms with Crippen LogP contribution in [0.25, 0.3) is 0 Å². The van der Waals surface area contributed by atoms with Gasteiger partial charge in [-0.05, 0) is 74.6 Å². The van der Waals surface area contributed by atoms with Crippen LogP contribution in [0.4, 0.5) is 11.4 Å². The fourth-order valence-corrected chi connectivity index (χ4v) is 2.13. The first-order valence-corrected chi connectivity index (χ1v) is 8.65. The number of benzene rings is 2. The summed E-state index contributed by atoms with van der Waals surface area (Å²) in [5.74, 6) is 1.69. The Hall–Kier alpha value is -1.31. The minimum absolute atomic E-state index is 0. The molecule has 0 aliphatic rings. The molecule has 0 aliphatic carbocycles. The number of thiocarbonyl (C=S) groups is 1. The Labute approximate surface area is 183 Å². The van der Waals surface area contributed by atoms with Crippen molar-refractivity contribution in [1.82, 2.24) is 0 Å². The number of hydrogen-bond acceptors (Lipinski definition) is 4. The summed E-state index contributed by atoms with van der Waals surface area (Å²) in [4.78, 5) is 0. The van der Waals surface area contributed by atoms with Gasteiger partial charge in [-0.15, -0.1) is 6.61 Å². The molecule has 2 aromatic rings. The van der Waals surface area contributed by atoms with Gasteiger partial charge >= 0.3 is 29.6 Å². The molecule has 0 fully saturated rings. The minimum Gasteiger partial charge on any atom is -0.855 e. The zero-order valence-corrected chi connectivity index (χ0v) is 18.7. The van der Waals surface area contributed by atoms with E-state index in [0.717, 1.165) is 22.9 Å². The third kappa shape index (κ3) is 9.99. The van der Waals surface area contributed by atoms with Gasteiger partial charge in [0.25, 0.3) is 0 Å². The van der Waals surface area contributed by atoms with Gasteiger partial charge in [0, 0.05) is 11.4 Å². The third-order valence-electron chi connectivity index (χ3n) is 2.85. The van der Waals surface area contributed by atoms with E-state index in [0.29, 0.717) is 18.3 Å². The van der Waals surface area contributed by atoms with E-state index in [9.17, 15) is 0 Å². The molecule has 0 heterocycles. The second kappa shape index (κ2) is 14.8. The second-order valence-electron chi connectivity index (χ2n) is 4.78. The van der Waals surface area contributed by atoms with Crippen LogP contribution in [0.3, 0.4) is 0 Å². The molecule has 2 aromatic carbocycles. The molecule has 26 heavy (non-hydrogen) atoms. The van der Waals surface area contributed by atoms with E-state index in [1.165, 1.54) is 0 Å². The number of anilines is 2. The van der Waals surface area contributed by atoms with E-state index in [-0.39, 0.29) is 36.2 Å². The van der Waals surface area contributed by atoms with Crippen LogP contribution in [-0.2, 0) is 0 Å². The van der Waals surface area contributed by atoms with Crippen molar-refractivity contribution in [3.05, 3.63) is 48.5 Å². The molecule has 0 spiro atoms. The SMILES string of the molecule is CCOc1ccc(NC(=S)Nc2ccc(OCC)cc2)cc1.CC[O-].[Na+]. The van der Waals surface area contributed by atoms with E-state index in [4.69, 9.17) is 26.8 Å². The van der Waals surface area contributed by atoms with Crippen LogP contribution < -0.4 is 54.8 Å². The summed E-state index contributed by atoms with van der Waals surface area (Å²) in [6.07, 6.45) is 0. The summed E-state index contributed by atoms with van der Waals surface area (Å²) in [6.45, 7) is 6.80. The van der Waals surface area contributed by atoms with Gasteiger partial charge in [-0.1, -0.05) is 6.92 Å². The van der Waals surface area contributed by atoms with Crippen LogP contribution >= 0.6 is 12.2 Å². The Morgan fingerprint density at radius 1 is 0.808 bits per heavy atom. The van der Waals surface area contributed by atoms with Crippen molar-refractivity contribution < 1.29 is 44.1 Å². The molecule has 0 aromatic heterocycles. The number of nitrogens with one attached hydrogen (secondary N) is 2. The molecule has 0 radical (unpaired) electrons. The van der Waals surface area contributed by atoms with Gasteiger partial charge in [0.2, 0.25) is 0 Å². The number of hydrogen-bond donors (Lipinski definition) is 2. The summed E-state index contributed by atoms with van der Waals surface area (Å²) in [5, 5.41) is 15.7. The summed E-state index contributed by atoms with van der Waals surface area (Å²) in [6, 6.07) is 15.3. The summed E-state index contributed by atoms with van der Waals surface area (Å²) in [5.41, 5.74) is 1.82. The molecule has 7 heteroatoms. The largest absolute Gasteiger partial charge is 1.00 e. The zero-order chi connectivity index (χ0) is 18.5. The molecule has 2 rings (SSSR count). The molecule has 0 amide bonds. The van der Waals surface area contributed by atoms with Crippen molar-refractivity contribution in [1.29, 1.82) is 0 Å². The maximum absolute atomic E-state index is 8.93. The molecule has 0 bridgehead atoms. The van der Waals surface area contributed by atoms with Crippen LogP contribution in [-0.4, -0.2) is 24.9 Å². The van der Waals surface area contributed by atoms with Crippen molar-refractivity contribution in [3.8, 4) is 11.5 Å². The second-order valence-corrected chi connectivity index (χ2v) is 5.19. The Balaban J connectivity index is 0.00000146. The average molecular weight is 384 g/mol. The van der Waals surface area contributed by atoms with E-state index in [2.05, 4.69) is 10.6 Å².